The summed E-state index contributed by atoms with van der Waals surface area (Å²) in [7, 11) is -1.83. The predicted octanol–water partition coefficient (Wildman–Crippen LogP) is 2.66. The molecule has 0 radical (unpaired) electrons. The second-order valence-corrected chi connectivity index (χ2v) is 7.86. The Morgan fingerprint density at radius 2 is 1.85 bits per heavy atom. The fraction of sp³-hybridized carbons (Fsp3) is 0.316. The first-order chi connectivity index (χ1) is 12.3. The van der Waals surface area contributed by atoms with Crippen molar-refractivity contribution >= 4 is 21.6 Å². The SMILES string of the molecule is COCCN(Cc1ccccc1)C(=O)c1ccc(C)c(NS(C)(=O)=O)c1. The van der Waals surface area contributed by atoms with Crippen molar-refractivity contribution < 1.29 is 17.9 Å². The molecular weight excluding hydrogens is 352 g/mol. The fourth-order valence-electron chi connectivity index (χ4n) is 2.50. The number of methoxy groups -OCH3 is 1. The van der Waals surface area contributed by atoms with Crippen LogP contribution < -0.4 is 4.72 Å². The van der Waals surface area contributed by atoms with Gasteiger partial charge in [-0.05, 0) is 30.2 Å². The van der Waals surface area contributed by atoms with Crippen LogP contribution in [0.3, 0.4) is 0 Å². The Balaban J connectivity index is 2.28. The maximum Gasteiger partial charge on any atom is 0.254 e. The van der Waals surface area contributed by atoms with E-state index in [0.29, 0.717) is 30.9 Å². The minimum Gasteiger partial charge on any atom is -0.383 e. The van der Waals surface area contributed by atoms with Gasteiger partial charge in [0.2, 0.25) is 10.0 Å². The molecule has 0 aliphatic rings. The van der Waals surface area contributed by atoms with Gasteiger partial charge in [0.1, 0.15) is 0 Å². The standard InChI is InChI=1S/C19H24N2O4S/c1-15-9-10-17(13-18(15)20-26(3,23)24)19(22)21(11-12-25-2)14-16-7-5-4-6-8-16/h4-10,13,20H,11-12,14H2,1-3H3. The van der Waals surface area contributed by atoms with Crippen LogP contribution in [0, 0.1) is 6.92 Å². The molecule has 0 saturated carbocycles. The maximum absolute atomic E-state index is 13.0. The van der Waals surface area contributed by atoms with E-state index in [9.17, 15) is 13.2 Å². The summed E-state index contributed by atoms with van der Waals surface area (Å²) in [6, 6.07) is 14.7. The van der Waals surface area contributed by atoms with Crippen molar-refractivity contribution in [2.75, 3.05) is 31.2 Å². The molecule has 0 fully saturated rings. The third kappa shape index (κ3) is 5.86. The van der Waals surface area contributed by atoms with E-state index in [1.165, 1.54) is 0 Å². The van der Waals surface area contributed by atoms with Gasteiger partial charge in [0.15, 0.2) is 0 Å². The van der Waals surface area contributed by atoms with E-state index in [-0.39, 0.29) is 5.91 Å². The zero-order chi connectivity index (χ0) is 19.2. The summed E-state index contributed by atoms with van der Waals surface area (Å²) in [5, 5.41) is 0. The van der Waals surface area contributed by atoms with Crippen LogP contribution in [-0.2, 0) is 21.3 Å². The van der Waals surface area contributed by atoms with E-state index in [1.54, 1.807) is 37.1 Å². The lowest BCUT2D eigenvalue weighted by Crippen LogP contribution is -2.33. The molecule has 0 aromatic heterocycles. The van der Waals surface area contributed by atoms with E-state index >= 15 is 0 Å². The van der Waals surface area contributed by atoms with Gasteiger partial charge in [-0.1, -0.05) is 36.4 Å². The Kier molecular flexibility index (Phi) is 6.76. The van der Waals surface area contributed by atoms with Crippen molar-refractivity contribution in [2.24, 2.45) is 0 Å². The highest BCUT2D eigenvalue weighted by molar-refractivity contribution is 7.92. The first-order valence-electron chi connectivity index (χ1n) is 8.21. The summed E-state index contributed by atoms with van der Waals surface area (Å²) in [5.74, 6) is -0.178. The molecule has 0 bridgehead atoms. The minimum absolute atomic E-state index is 0.178. The second-order valence-electron chi connectivity index (χ2n) is 6.11. The van der Waals surface area contributed by atoms with Crippen molar-refractivity contribution in [3.8, 4) is 0 Å². The number of benzene rings is 2. The molecule has 2 aromatic carbocycles. The van der Waals surface area contributed by atoms with Crippen molar-refractivity contribution in [1.82, 2.24) is 4.90 Å². The molecule has 7 heteroatoms. The van der Waals surface area contributed by atoms with Crippen LogP contribution in [0.25, 0.3) is 0 Å². The van der Waals surface area contributed by atoms with Crippen molar-refractivity contribution in [3.63, 3.8) is 0 Å². The van der Waals surface area contributed by atoms with Gasteiger partial charge >= 0.3 is 0 Å². The highest BCUT2D eigenvalue weighted by Gasteiger charge is 2.18. The van der Waals surface area contributed by atoms with Crippen molar-refractivity contribution in [1.29, 1.82) is 0 Å². The smallest absolute Gasteiger partial charge is 0.254 e. The minimum atomic E-state index is -3.42. The molecule has 2 rings (SSSR count). The zero-order valence-corrected chi connectivity index (χ0v) is 16.0. The molecule has 0 aliphatic carbocycles. The summed E-state index contributed by atoms with van der Waals surface area (Å²) in [4.78, 5) is 14.7. The molecule has 0 atom stereocenters. The van der Waals surface area contributed by atoms with Crippen LogP contribution in [0.1, 0.15) is 21.5 Å². The summed E-state index contributed by atoms with van der Waals surface area (Å²) in [6.07, 6.45) is 1.08. The first kappa shape index (κ1) is 19.9. The Labute approximate surface area is 154 Å². The monoisotopic (exact) mass is 376 g/mol. The summed E-state index contributed by atoms with van der Waals surface area (Å²) >= 11 is 0. The average Bonchev–Trinajstić information content (AvgIpc) is 2.59. The summed E-state index contributed by atoms with van der Waals surface area (Å²) in [6.45, 7) is 3.09. The largest absolute Gasteiger partial charge is 0.383 e. The van der Waals surface area contributed by atoms with E-state index in [2.05, 4.69) is 4.72 Å². The van der Waals surface area contributed by atoms with Crippen molar-refractivity contribution in [2.45, 2.75) is 13.5 Å². The van der Waals surface area contributed by atoms with Gasteiger partial charge in [0.25, 0.3) is 5.91 Å². The molecule has 140 valence electrons. The molecule has 0 spiro atoms. The number of nitrogens with zero attached hydrogens (tertiary/aromatic N) is 1. The molecule has 0 heterocycles. The van der Waals surface area contributed by atoms with Crippen LogP contribution in [0.15, 0.2) is 48.5 Å². The number of amides is 1. The fourth-order valence-corrected chi connectivity index (χ4v) is 3.12. The molecular formula is C19H24N2O4S. The van der Waals surface area contributed by atoms with Gasteiger partial charge in [0, 0.05) is 25.8 Å². The first-order valence-corrected chi connectivity index (χ1v) is 10.1. The lowest BCUT2D eigenvalue weighted by Gasteiger charge is -2.23. The van der Waals surface area contributed by atoms with E-state index in [0.717, 1.165) is 17.4 Å². The van der Waals surface area contributed by atoms with Crippen molar-refractivity contribution in [3.05, 3.63) is 65.2 Å². The molecule has 2 aromatic rings. The Morgan fingerprint density at radius 3 is 2.46 bits per heavy atom. The molecule has 0 saturated heterocycles. The highest BCUT2D eigenvalue weighted by Crippen LogP contribution is 2.20. The molecule has 6 nitrogen and oxygen atoms in total. The number of ether oxygens (including phenoxy) is 1. The van der Waals surface area contributed by atoms with E-state index in [4.69, 9.17) is 4.74 Å². The number of sulfonamides is 1. The predicted molar refractivity (Wildman–Crippen MR) is 103 cm³/mol. The van der Waals surface area contributed by atoms with Gasteiger partial charge in [-0.15, -0.1) is 0 Å². The van der Waals surface area contributed by atoms with Gasteiger partial charge < -0.3 is 9.64 Å². The molecule has 0 unspecified atom stereocenters. The summed E-state index contributed by atoms with van der Waals surface area (Å²) < 4.78 is 30.6. The van der Waals surface area contributed by atoms with E-state index in [1.807, 2.05) is 30.3 Å². The molecule has 1 amide bonds. The van der Waals surface area contributed by atoms with Crippen LogP contribution in [-0.4, -0.2) is 45.7 Å². The number of hydrogen-bond acceptors (Lipinski definition) is 4. The van der Waals surface area contributed by atoms with Gasteiger partial charge in [-0.2, -0.15) is 0 Å². The normalized spacial score (nSPS) is 11.2. The number of rotatable bonds is 8. The van der Waals surface area contributed by atoms with Gasteiger partial charge in [-0.3, -0.25) is 9.52 Å². The second kappa shape index (κ2) is 8.82. The number of carbonyl (C=O) groups excluding carboxylic acids is 1. The third-order valence-corrected chi connectivity index (χ3v) is 4.44. The number of aryl methyl sites for hydroxylation is 1. The number of anilines is 1. The van der Waals surface area contributed by atoms with Crippen LogP contribution >= 0.6 is 0 Å². The van der Waals surface area contributed by atoms with Gasteiger partial charge in [-0.25, -0.2) is 8.42 Å². The maximum atomic E-state index is 13.0. The molecule has 26 heavy (non-hydrogen) atoms. The average molecular weight is 376 g/mol. The van der Waals surface area contributed by atoms with Crippen LogP contribution in [0.2, 0.25) is 0 Å². The number of nitrogens with one attached hydrogen (secondary N) is 1. The lowest BCUT2D eigenvalue weighted by molar-refractivity contribution is 0.0680. The highest BCUT2D eigenvalue weighted by atomic mass is 32.2. The Bertz CT molecular complexity index is 851. The topological polar surface area (TPSA) is 75.7 Å². The quantitative estimate of drug-likeness (QED) is 0.768. The van der Waals surface area contributed by atoms with E-state index < -0.39 is 10.0 Å². The summed E-state index contributed by atoms with van der Waals surface area (Å²) in [5.41, 5.74) is 2.59. The lowest BCUT2D eigenvalue weighted by atomic mass is 10.1. The molecule has 1 N–H and O–H groups in total. The Morgan fingerprint density at radius 1 is 1.15 bits per heavy atom. The molecule has 0 aliphatic heterocycles. The zero-order valence-electron chi connectivity index (χ0n) is 15.2. The number of carbonyl (C=O) groups is 1. The Hall–Kier alpha value is -2.38. The number of hydrogen-bond donors (Lipinski definition) is 1. The van der Waals surface area contributed by atoms with Crippen LogP contribution in [0.5, 0.6) is 0 Å². The van der Waals surface area contributed by atoms with Gasteiger partial charge in [0.05, 0.1) is 18.6 Å². The third-order valence-electron chi connectivity index (χ3n) is 3.85. The van der Waals surface area contributed by atoms with Crippen LogP contribution in [0.4, 0.5) is 5.69 Å².